The first-order chi connectivity index (χ1) is 10.1. The number of nitrogens with one attached hydrogen (secondary N) is 1. The molecule has 0 aliphatic heterocycles. The molecule has 3 rings (SSSR count). The topological polar surface area (TPSA) is 20.7 Å². The molecule has 0 fully saturated rings. The highest BCUT2D eigenvalue weighted by Crippen LogP contribution is 2.25. The molecule has 1 N–H and O–H groups in total. The molecule has 1 atom stereocenters. The lowest BCUT2D eigenvalue weighted by molar-refractivity contribution is 0.498. The first-order valence-electron chi connectivity index (χ1n) is 6.70. The molecule has 1 aromatic heterocycles. The van der Waals surface area contributed by atoms with Gasteiger partial charge in [-0.3, -0.25) is 0 Å². The van der Waals surface area contributed by atoms with Crippen LogP contribution in [0.4, 0.5) is 8.78 Å². The van der Waals surface area contributed by atoms with Gasteiger partial charge < -0.3 is 9.55 Å². The minimum atomic E-state index is -0.864. The molecule has 0 amide bonds. The van der Waals surface area contributed by atoms with Gasteiger partial charge in [0.05, 0.1) is 5.52 Å². The SMILES string of the molecule is CC(Cc1ccccc1)n1c(=S)[nH]c2ccc(F)c(F)c21. The van der Waals surface area contributed by atoms with Crippen molar-refractivity contribution in [2.75, 3.05) is 0 Å². The monoisotopic (exact) mass is 304 g/mol. The minimum absolute atomic E-state index is 0.0787. The van der Waals surface area contributed by atoms with Gasteiger partial charge in [0.25, 0.3) is 0 Å². The van der Waals surface area contributed by atoms with Gasteiger partial charge in [-0.05, 0) is 43.3 Å². The summed E-state index contributed by atoms with van der Waals surface area (Å²) in [5.74, 6) is -1.73. The molecule has 0 bridgehead atoms. The maximum atomic E-state index is 14.1. The molecular formula is C16H14F2N2S. The predicted molar refractivity (Wildman–Crippen MR) is 81.9 cm³/mol. The molecule has 2 nitrogen and oxygen atoms in total. The third-order valence-electron chi connectivity index (χ3n) is 3.59. The number of aromatic nitrogens is 2. The largest absolute Gasteiger partial charge is 0.330 e. The Balaban J connectivity index is 2.09. The van der Waals surface area contributed by atoms with Crippen molar-refractivity contribution in [2.24, 2.45) is 0 Å². The molecule has 2 aromatic carbocycles. The van der Waals surface area contributed by atoms with Crippen LogP contribution in [-0.2, 0) is 6.42 Å². The standard InChI is InChI=1S/C16H14F2N2S/c1-10(9-11-5-3-2-4-6-11)20-15-13(19-16(20)21)8-7-12(17)14(15)18/h2-8,10H,9H2,1H3,(H,19,21). The second kappa shape index (κ2) is 5.41. The third kappa shape index (κ3) is 2.49. The summed E-state index contributed by atoms with van der Waals surface area (Å²) in [5.41, 5.74) is 1.83. The number of imidazole rings is 1. The van der Waals surface area contributed by atoms with E-state index in [4.69, 9.17) is 12.2 Å². The lowest BCUT2D eigenvalue weighted by Gasteiger charge is -2.15. The maximum absolute atomic E-state index is 14.1. The van der Waals surface area contributed by atoms with Crippen LogP contribution in [0.3, 0.4) is 0 Å². The molecule has 0 aliphatic rings. The van der Waals surface area contributed by atoms with E-state index in [1.165, 1.54) is 6.07 Å². The van der Waals surface area contributed by atoms with Gasteiger partial charge in [0.2, 0.25) is 0 Å². The third-order valence-corrected chi connectivity index (χ3v) is 3.88. The van der Waals surface area contributed by atoms with Gasteiger partial charge in [-0.25, -0.2) is 8.78 Å². The Morgan fingerprint density at radius 2 is 1.86 bits per heavy atom. The molecule has 0 spiro atoms. The molecule has 21 heavy (non-hydrogen) atoms. The Labute approximate surface area is 126 Å². The molecular weight excluding hydrogens is 290 g/mol. The molecule has 1 heterocycles. The number of hydrogen-bond acceptors (Lipinski definition) is 1. The van der Waals surface area contributed by atoms with Gasteiger partial charge in [0.1, 0.15) is 5.52 Å². The Bertz CT molecular complexity index is 837. The number of benzene rings is 2. The highest BCUT2D eigenvalue weighted by atomic mass is 32.1. The molecule has 5 heteroatoms. The summed E-state index contributed by atoms with van der Waals surface area (Å²) in [5, 5.41) is 0. The molecule has 0 radical (unpaired) electrons. The van der Waals surface area contributed by atoms with E-state index in [1.54, 1.807) is 4.57 Å². The average Bonchev–Trinajstić information content (AvgIpc) is 2.81. The van der Waals surface area contributed by atoms with Crippen molar-refractivity contribution >= 4 is 23.3 Å². The van der Waals surface area contributed by atoms with Crippen molar-refractivity contribution in [3.63, 3.8) is 0 Å². The van der Waals surface area contributed by atoms with Crippen LogP contribution in [0.2, 0.25) is 0 Å². The van der Waals surface area contributed by atoms with Crippen LogP contribution in [0.1, 0.15) is 18.5 Å². The molecule has 0 saturated heterocycles. The van der Waals surface area contributed by atoms with E-state index in [9.17, 15) is 8.78 Å². The molecule has 3 aromatic rings. The zero-order chi connectivity index (χ0) is 15.0. The van der Waals surface area contributed by atoms with Crippen molar-refractivity contribution in [3.05, 3.63) is 64.4 Å². The van der Waals surface area contributed by atoms with Gasteiger partial charge in [0.15, 0.2) is 16.4 Å². The van der Waals surface area contributed by atoms with E-state index in [2.05, 4.69) is 4.98 Å². The van der Waals surface area contributed by atoms with Gasteiger partial charge in [0, 0.05) is 6.04 Å². The fraction of sp³-hybridized carbons (Fsp3) is 0.188. The first-order valence-corrected chi connectivity index (χ1v) is 7.11. The van der Waals surface area contributed by atoms with Crippen molar-refractivity contribution in [3.8, 4) is 0 Å². The van der Waals surface area contributed by atoms with Crippen molar-refractivity contribution in [1.29, 1.82) is 0 Å². The molecule has 0 saturated carbocycles. The Hall–Kier alpha value is -2.01. The van der Waals surface area contributed by atoms with Crippen molar-refractivity contribution < 1.29 is 8.78 Å². The van der Waals surface area contributed by atoms with E-state index in [1.807, 2.05) is 37.3 Å². The summed E-state index contributed by atoms with van der Waals surface area (Å²) < 4.78 is 29.7. The average molecular weight is 304 g/mol. The number of H-pyrrole nitrogens is 1. The van der Waals surface area contributed by atoms with Crippen LogP contribution in [-0.4, -0.2) is 9.55 Å². The Morgan fingerprint density at radius 3 is 2.57 bits per heavy atom. The second-order valence-electron chi connectivity index (χ2n) is 5.10. The fourth-order valence-corrected chi connectivity index (χ4v) is 3.00. The van der Waals surface area contributed by atoms with Gasteiger partial charge in [-0.15, -0.1) is 0 Å². The van der Waals surface area contributed by atoms with Crippen LogP contribution in [0.5, 0.6) is 0 Å². The minimum Gasteiger partial charge on any atom is -0.330 e. The summed E-state index contributed by atoms with van der Waals surface area (Å²) >= 11 is 5.27. The normalized spacial score (nSPS) is 12.7. The van der Waals surface area contributed by atoms with E-state index in [-0.39, 0.29) is 11.6 Å². The summed E-state index contributed by atoms with van der Waals surface area (Å²) in [6.07, 6.45) is 0.693. The number of fused-ring (bicyclic) bond motifs is 1. The smallest absolute Gasteiger partial charge is 0.184 e. The zero-order valence-electron chi connectivity index (χ0n) is 11.4. The highest BCUT2D eigenvalue weighted by molar-refractivity contribution is 7.71. The lowest BCUT2D eigenvalue weighted by atomic mass is 10.1. The van der Waals surface area contributed by atoms with Gasteiger partial charge >= 0.3 is 0 Å². The molecule has 0 aliphatic carbocycles. The number of nitrogens with zero attached hydrogens (tertiary/aromatic N) is 1. The number of halogens is 2. The number of hydrogen-bond donors (Lipinski definition) is 1. The Kier molecular flexibility index (Phi) is 3.59. The van der Waals surface area contributed by atoms with Crippen LogP contribution in [0.25, 0.3) is 11.0 Å². The van der Waals surface area contributed by atoms with E-state index in [0.29, 0.717) is 16.7 Å². The molecule has 1 unspecified atom stereocenters. The van der Waals surface area contributed by atoms with Crippen molar-refractivity contribution in [2.45, 2.75) is 19.4 Å². The van der Waals surface area contributed by atoms with Crippen molar-refractivity contribution in [1.82, 2.24) is 9.55 Å². The van der Waals surface area contributed by atoms with Crippen LogP contribution in [0.15, 0.2) is 42.5 Å². The van der Waals surface area contributed by atoms with Crippen LogP contribution >= 0.6 is 12.2 Å². The second-order valence-corrected chi connectivity index (χ2v) is 5.48. The highest BCUT2D eigenvalue weighted by Gasteiger charge is 2.17. The Morgan fingerprint density at radius 1 is 1.14 bits per heavy atom. The summed E-state index contributed by atoms with van der Waals surface area (Å²) in [4.78, 5) is 2.93. The van der Waals surface area contributed by atoms with Gasteiger partial charge in [-0.2, -0.15) is 0 Å². The molecule has 108 valence electrons. The quantitative estimate of drug-likeness (QED) is 0.691. The summed E-state index contributed by atoms with van der Waals surface area (Å²) in [7, 11) is 0. The maximum Gasteiger partial charge on any atom is 0.184 e. The first kappa shape index (κ1) is 13.9. The zero-order valence-corrected chi connectivity index (χ0v) is 12.3. The van der Waals surface area contributed by atoms with Crippen LogP contribution < -0.4 is 0 Å². The fourth-order valence-electron chi connectivity index (χ4n) is 2.62. The van der Waals surface area contributed by atoms with E-state index >= 15 is 0 Å². The van der Waals surface area contributed by atoms with E-state index < -0.39 is 11.6 Å². The van der Waals surface area contributed by atoms with E-state index in [0.717, 1.165) is 11.6 Å². The summed E-state index contributed by atoms with van der Waals surface area (Å²) in [6.45, 7) is 1.94. The lowest BCUT2D eigenvalue weighted by Crippen LogP contribution is -2.09. The van der Waals surface area contributed by atoms with Crippen LogP contribution in [0, 0.1) is 16.4 Å². The predicted octanol–water partition coefficient (Wildman–Crippen LogP) is 4.78. The van der Waals surface area contributed by atoms with Gasteiger partial charge in [-0.1, -0.05) is 30.3 Å². The number of aromatic amines is 1. The summed E-state index contributed by atoms with van der Waals surface area (Å²) in [6, 6.07) is 12.4. The number of rotatable bonds is 3.